The highest BCUT2D eigenvalue weighted by Gasteiger charge is 2.28. The van der Waals surface area contributed by atoms with Crippen LogP contribution in [0, 0.1) is 17.8 Å². The Morgan fingerprint density at radius 2 is 2.00 bits per heavy atom. The summed E-state index contributed by atoms with van der Waals surface area (Å²) in [6.07, 6.45) is 5.13. The number of carbonyl (C=O) groups is 1. The molecular weight excluding hydrogens is 200 g/mol. The highest BCUT2D eigenvalue weighted by molar-refractivity contribution is 5.73. The molecule has 0 fully saturated rings. The van der Waals surface area contributed by atoms with Crippen molar-refractivity contribution < 1.29 is 9.53 Å². The summed E-state index contributed by atoms with van der Waals surface area (Å²) in [5, 5.41) is 0. The number of esters is 1. The minimum atomic E-state index is -0.0383. The van der Waals surface area contributed by atoms with Gasteiger partial charge in [-0.1, -0.05) is 26.8 Å². The molecule has 0 aliphatic heterocycles. The van der Waals surface area contributed by atoms with Gasteiger partial charge in [0.2, 0.25) is 0 Å². The van der Waals surface area contributed by atoms with E-state index in [9.17, 15) is 4.79 Å². The van der Waals surface area contributed by atoms with E-state index < -0.39 is 0 Å². The summed E-state index contributed by atoms with van der Waals surface area (Å²) in [7, 11) is 0. The summed E-state index contributed by atoms with van der Waals surface area (Å²) < 4.78 is 5.13. The molecule has 2 unspecified atom stereocenters. The number of allylic oxidation sites excluding steroid dienone is 1. The Kier molecular flexibility index (Phi) is 7.96. The third kappa shape index (κ3) is 5.34. The normalized spacial score (nSPS) is 14.6. The molecule has 0 aromatic rings. The van der Waals surface area contributed by atoms with Crippen LogP contribution in [-0.2, 0) is 9.53 Å². The van der Waals surface area contributed by atoms with E-state index >= 15 is 0 Å². The van der Waals surface area contributed by atoms with Gasteiger partial charge in [0.1, 0.15) is 0 Å². The molecule has 94 valence electrons. The monoisotopic (exact) mass is 226 g/mol. The van der Waals surface area contributed by atoms with Gasteiger partial charge in [-0.15, -0.1) is 6.58 Å². The smallest absolute Gasteiger partial charge is 0.309 e. The third-order valence-corrected chi connectivity index (χ3v) is 2.96. The minimum absolute atomic E-state index is 0.0322. The van der Waals surface area contributed by atoms with Crippen molar-refractivity contribution in [3.8, 4) is 0 Å². The van der Waals surface area contributed by atoms with Gasteiger partial charge in [0.05, 0.1) is 12.5 Å². The van der Waals surface area contributed by atoms with Crippen LogP contribution in [-0.4, -0.2) is 12.6 Å². The molecule has 2 nitrogen and oxygen atoms in total. The first kappa shape index (κ1) is 15.2. The number of hydrogen-bond donors (Lipinski definition) is 0. The van der Waals surface area contributed by atoms with Gasteiger partial charge in [-0.05, 0) is 38.0 Å². The van der Waals surface area contributed by atoms with Gasteiger partial charge in [-0.3, -0.25) is 4.79 Å². The molecule has 2 atom stereocenters. The molecule has 0 rings (SSSR count). The van der Waals surface area contributed by atoms with Crippen LogP contribution in [0.1, 0.15) is 47.0 Å². The Labute approximate surface area is 100 Å². The molecule has 0 N–H and O–H groups in total. The van der Waals surface area contributed by atoms with Gasteiger partial charge < -0.3 is 4.74 Å². The second kappa shape index (κ2) is 8.37. The standard InChI is InChI=1S/C14H26O2/c1-6-8-9-10-12(5)13(11(3)4)14(15)16-7-2/h6,11-13H,1,7-10H2,2-5H3. The number of carbonyl (C=O) groups excluding carboxylic acids is 1. The lowest BCUT2D eigenvalue weighted by molar-refractivity contribution is -0.151. The molecule has 16 heavy (non-hydrogen) atoms. The summed E-state index contributed by atoms with van der Waals surface area (Å²) in [5.74, 6) is 0.727. The summed E-state index contributed by atoms with van der Waals surface area (Å²) >= 11 is 0. The highest BCUT2D eigenvalue weighted by Crippen LogP contribution is 2.26. The Morgan fingerprint density at radius 1 is 1.38 bits per heavy atom. The predicted octanol–water partition coefficient (Wildman–Crippen LogP) is 3.81. The maximum Gasteiger partial charge on any atom is 0.309 e. The van der Waals surface area contributed by atoms with Gasteiger partial charge in [-0.2, -0.15) is 0 Å². The zero-order valence-electron chi connectivity index (χ0n) is 11.2. The fourth-order valence-corrected chi connectivity index (χ4v) is 2.16. The van der Waals surface area contributed by atoms with Gasteiger partial charge in [0.25, 0.3) is 0 Å². The molecule has 0 aliphatic rings. The van der Waals surface area contributed by atoms with Gasteiger partial charge >= 0.3 is 5.97 Å². The first-order chi connectivity index (χ1) is 7.54. The molecule has 0 aromatic carbocycles. The molecule has 0 aliphatic carbocycles. The highest BCUT2D eigenvalue weighted by atomic mass is 16.5. The van der Waals surface area contributed by atoms with Gasteiger partial charge in [0.15, 0.2) is 0 Å². The van der Waals surface area contributed by atoms with Crippen molar-refractivity contribution in [2.75, 3.05) is 6.61 Å². The number of ether oxygens (including phenoxy) is 1. The Balaban J connectivity index is 4.28. The van der Waals surface area contributed by atoms with Crippen molar-refractivity contribution >= 4 is 5.97 Å². The molecule has 0 radical (unpaired) electrons. The van der Waals surface area contributed by atoms with E-state index in [-0.39, 0.29) is 11.9 Å². The Hall–Kier alpha value is -0.790. The summed E-state index contributed by atoms with van der Waals surface area (Å²) in [4.78, 5) is 11.8. The zero-order valence-corrected chi connectivity index (χ0v) is 11.2. The van der Waals surface area contributed by atoms with Crippen LogP contribution >= 0.6 is 0 Å². The lowest BCUT2D eigenvalue weighted by Crippen LogP contribution is -2.29. The molecule has 0 bridgehead atoms. The van der Waals surface area contributed by atoms with Crippen LogP contribution in [0.5, 0.6) is 0 Å². The van der Waals surface area contributed by atoms with Crippen LogP contribution in [0.25, 0.3) is 0 Å². The molecule has 0 heterocycles. The molecule has 0 amide bonds. The maximum absolute atomic E-state index is 11.8. The van der Waals surface area contributed by atoms with E-state index in [1.54, 1.807) is 0 Å². The molecule has 0 saturated carbocycles. The fraction of sp³-hybridized carbons (Fsp3) is 0.786. The van der Waals surface area contributed by atoms with Crippen LogP contribution in [0.2, 0.25) is 0 Å². The summed E-state index contributed by atoms with van der Waals surface area (Å²) in [6.45, 7) is 12.4. The number of hydrogen-bond acceptors (Lipinski definition) is 2. The van der Waals surface area contributed by atoms with E-state index in [0.29, 0.717) is 18.4 Å². The molecule has 0 aromatic heterocycles. The molecular formula is C14H26O2. The average Bonchev–Trinajstić information content (AvgIpc) is 2.18. The van der Waals surface area contributed by atoms with Crippen molar-refractivity contribution in [1.29, 1.82) is 0 Å². The fourth-order valence-electron chi connectivity index (χ4n) is 2.16. The first-order valence-corrected chi connectivity index (χ1v) is 6.32. The lowest BCUT2D eigenvalue weighted by Gasteiger charge is -2.25. The Bertz CT molecular complexity index is 209. The van der Waals surface area contributed by atoms with Crippen LogP contribution in [0.15, 0.2) is 12.7 Å². The van der Waals surface area contributed by atoms with E-state index in [1.165, 1.54) is 0 Å². The number of rotatable bonds is 8. The van der Waals surface area contributed by atoms with Crippen molar-refractivity contribution in [1.82, 2.24) is 0 Å². The molecule has 0 saturated heterocycles. The zero-order chi connectivity index (χ0) is 12.6. The minimum Gasteiger partial charge on any atom is -0.466 e. The van der Waals surface area contributed by atoms with E-state index in [2.05, 4.69) is 27.4 Å². The first-order valence-electron chi connectivity index (χ1n) is 6.32. The van der Waals surface area contributed by atoms with Gasteiger partial charge in [-0.25, -0.2) is 0 Å². The SMILES string of the molecule is C=CCCCC(C)C(C(=O)OCC)C(C)C. The summed E-state index contributed by atoms with van der Waals surface area (Å²) in [5.41, 5.74) is 0. The van der Waals surface area contributed by atoms with Gasteiger partial charge in [0, 0.05) is 0 Å². The van der Waals surface area contributed by atoms with E-state index in [0.717, 1.165) is 19.3 Å². The second-order valence-corrected chi connectivity index (χ2v) is 4.72. The number of unbranched alkanes of at least 4 members (excludes halogenated alkanes) is 1. The predicted molar refractivity (Wildman–Crippen MR) is 68.2 cm³/mol. The molecule has 0 spiro atoms. The van der Waals surface area contributed by atoms with Crippen LogP contribution in [0.4, 0.5) is 0 Å². The van der Waals surface area contributed by atoms with Crippen LogP contribution in [0.3, 0.4) is 0 Å². The topological polar surface area (TPSA) is 26.3 Å². The quantitative estimate of drug-likeness (QED) is 0.357. The van der Waals surface area contributed by atoms with E-state index in [4.69, 9.17) is 4.74 Å². The Morgan fingerprint density at radius 3 is 2.44 bits per heavy atom. The maximum atomic E-state index is 11.8. The van der Waals surface area contributed by atoms with Crippen molar-refractivity contribution in [2.45, 2.75) is 47.0 Å². The molecule has 2 heteroatoms. The van der Waals surface area contributed by atoms with Crippen molar-refractivity contribution in [2.24, 2.45) is 17.8 Å². The van der Waals surface area contributed by atoms with Crippen LogP contribution < -0.4 is 0 Å². The third-order valence-electron chi connectivity index (χ3n) is 2.96. The van der Waals surface area contributed by atoms with Crippen molar-refractivity contribution in [3.05, 3.63) is 12.7 Å². The largest absolute Gasteiger partial charge is 0.466 e. The lowest BCUT2D eigenvalue weighted by atomic mass is 9.82. The van der Waals surface area contributed by atoms with Crippen molar-refractivity contribution in [3.63, 3.8) is 0 Å². The van der Waals surface area contributed by atoms with E-state index in [1.807, 2.05) is 13.0 Å². The second-order valence-electron chi connectivity index (χ2n) is 4.72. The summed E-state index contributed by atoms with van der Waals surface area (Å²) in [6, 6.07) is 0. The average molecular weight is 226 g/mol.